The number of H-pyrrole nitrogens is 1. The van der Waals surface area contributed by atoms with Crippen LogP contribution < -0.4 is 29.8 Å². The number of aryl methyl sites for hydroxylation is 4. The number of pyridine rings is 3. The number of nitrogens with one attached hydrogen (secondary N) is 1. The summed E-state index contributed by atoms with van der Waals surface area (Å²) in [4.78, 5) is 59.7. The molecule has 0 spiro atoms. The molecular weight excluding hydrogens is 723 g/mol. The Morgan fingerprint density at radius 2 is 1.19 bits per heavy atom. The lowest BCUT2D eigenvalue weighted by atomic mass is 9.98. The van der Waals surface area contributed by atoms with Crippen LogP contribution in [0.25, 0.3) is 21.8 Å². The maximum absolute atomic E-state index is 13.4. The Labute approximate surface area is 327 Å². The maximum atomic E-state index is 13.4. The number of hydrogen-bond donors (Lipinski definition) is 1. The SMILES string of the molecule is Cc1ccc(C(=O)c2c[nH]c3cc4c(cc3c2=O)OCCO4)cc1C.Cc1ccc(C(=O)c2cn(Cc3cccnc3)c3cc4c(cc3c2=O)OCCO4)cc1C. The Hall–Kier alpha value is -7.01. The maximum Gasteiger partial charge on any atom is 0.200 e. The third kappa shape index (κ3) is 7.27. The first-order valence-electron chi connectivity index (χ1n) is 18.6. The number of ether oxygens (including phenoxy) is 4. The number of benzene rings is 4. The Morgan fingerprint density at radius 1 is 0.649 bits per heavy atom. The number of aromatic nitrogens is 3. The fraction of sp³-hybridized carbons (Fsp3) is 0.196. The molecule has 11 nitrogen and oxygen atoms in total. The van der Waals surface area contributed by atoms with E-state index in [1.807, 2.05) is 74.7 Å². The van der Waals surface area contributed by atoms with Gasteiger partial charge in [0.25, 0.3) is 0 Å². The van der Waals surface area contributed by atoms with Crippen LogP contribution in [0, 0.1) is 27.7 Å². The number of nitrogens with zero attached hydrogens (tertiary/aromatic N) is 2. The van der Waals surface area contributed by atoms with Gasteiger partial charge < -0.3 is 28.5 Å². The van der Waals surface area contributed by atoms with Gasteiger partial charge >= 0.3 is 0 Å². The second-order valence-corrected chi connectivity index (χ2v) is 14.2. The standard InChI is InChI=1S/C26H22N2O4.C20H17NO4/c1-16-5-6-19(10-17(16)2)25(29)21-15-28(14-18-4-3-7-27-13-18)22-12-24-23(31-8-9-32-24)11-20(22)26(21)30;1-11-3-4-13(7-12(11)2)19(22)15-10-21-16-9-18-17(24-5-6-25-18)8-14(16)20(15)23/h3-7,10-13,15H,8-9,14H2,1-2H3;3-4,7-10H,5-6H2,1-2H3,(H,21,23). The van der Waals surface area contributed by atoms with Crippen molar-refractivity contribution in [3.63, 3.8) is 0 Å². The van der Waals surface area contributed by atoms with Gasteiger partial charge in [-0.15, -0.1) is 0 Å². The first kappa shape index (κ1) is 36.9. The fourth-order valence-corrected chi connectivity index (χ4v) is 6.91. The molecule has 7 aromatic rings. The average Bonchev–Trinajstić information content (AvgIpc) is 3.23. The molecule has 0 saturated heterocycles. The minimum Gasteiger partial charge on any atom is -0.486 e. The summed E-state index contributed by atoms with van der Waals surface area (Å²) in [6, 6.07) is 21.6. The highest BCUT2D eigenvalue weighted by atomic mass is 16.6. The first-order chi connectivity index (χ1) is 27.5. The van der Waals surface area contributed by atoms with Crippen molar-refractivity contribution < 1.29 is 28.5 Å². The quantitative estimate of drug-likeness (QED) is 0.174. The van der Waals surface area contributed by atoms with Crippen molar-refractivity contribution in [2.45, 2.75) is 34.2 Å². The van der Waals surface area contributed by atoms with Crippen molar-refractivity contribution in [3.8, 4) is 23.0 Å². The second-order valence-electron chi connectivity index (χ2n) is 14.2. The minimum atomic E-state index is -0.317. The molecule has 0 unspecified atom stereocenters. The molecule has 9 rings (SSSR count). The Bertz CT molecular complexity index is 2860. The largest absolute Gasteiger partial charge is 0.486 e. The molecule has 2 aliphatic rings. The molecule has 286 valence electrons. The van der Waals surface area contributed by atoms with E-state index >= 15 is 0 Å². The minimum absolute atomic E-state index is 0.118. The van der Waals surface area contributed by atoms with Crippen LogP contribution in [0.3, 0.4) is 0 Å². The zero-order valence-corrected chi connectivity index (χ0v) is 31.9. The highest BCUT2D eigenvalue weighted by molar-refractivity contribution is 6.11. The summed E-state index contributed by atoms with van der Waals surface area (Å²) in [5.41, 5.74) is 7.09. The van der Waals surface area contributed by atoms with E-state index in [0.717, 1.165) is 27.8 Å². The third-order valence-electron chi connectivity index (χ3n) is 10.4. The van der Waals surface area contributed by atoms with Gasteiger partial charge in [0, 0.05) is 54.6 Å². The monoisotopic (exact) mass is 761 g/mol. The lowest BCUT2D eigenvalue weighted by molar-refractivity contribution is 0.102. The van der Waals surface area contributed by atoms with Crippen LogP contribution >= 0.6 is 0 Å². The number of aromatic amines is 1. The molecular formula is C46H39N3O8. The van der Waals surface area contributed by atoms with Crippen molar-refractivity contribution in [2.75, 3.05) is 26.4 Å². The molecule has 0 saturated carbocycles. The summed E-state index contributed by atoms with van der Waals surface area (Å²) >= 11 is 0. The number of carbonyl (C=O) groups is 2. The van der Waals surface area contributed by atoms with Crippen LogP contribution in [0.2, 0.25) is 0 Å². The molecule has 0 aliphatic carbocycles. The molecule has 11 heteroatoms. The van der Waals surface area contributed by atoms with E-state index in [2.05, 4.69) is 9.97 Å². The molecule has 57 heavy (non-hydrogen) atoms. The molecule has 4 aromatic carbocycles. The topological polar surface area (TPSA) is 139 Å². The lowest BCUT2D eigenvalue weighted by Gasteiger charge is -2.20. The number of ketones is 2. The van der Waals surface area contributed by atoms with Crippen molar-refractivity contribution in [1.29, 1.82) is 0 Å². The molecule has 1 N–H and O–H groups in total. The van der Waals surface area contributed by atoms with Gasteiger partial charge in [-0.1, -0.05) is 30.3 Å². The molecule has 0 bridgehead atoms. The average molecular weight is 762 g/mol. The summed E-state index contributed by atoms with van der Waals surface area (Å²) in [6.45, 7) is 10.1. The van der Waals surface area contributed by atoms with Gasteiger partial charge in [-0.2, -0.15) is 0 Å². The molecule has 3 aromatic heterocycles. The first-order valence-corrected chi connectivity index (χ1v) is 18.6. The Morgan fingerprint density at radius 3 is 1.77 bits per heavy atom. The number of carbonyl (C=O) groups excluding carboxylic acids is 2. The summed E-state index contributed by atoms with van der Waals surface area (Å²) in [6.07, 6.45) is 6.60. The zero-order valence-electron chi connectivity index (χ0n) is 31.9. The predicted molar refractivity (Wildman–Crippen MR) is 217 cm³/mol. The molecule has 5 heterocycles. The van der Waals surface area contributed by atoms with E-state index in [4.69, 9.17) is 18.9 Å². The van der Waals surface area contributed by atoms with Gasteiger partial charge in [0.15, 0.2) is 34.6 Å². The van der Waals surface area contributed by atoms with E-state index in [1.54, 1.807) is 48.9 Å². The van der Waals surface area contributed by atoms with E-state index in [-0.39, 0.29) is 33.6 Å². The molecule has 0 fully saturated rings. The molecule has 0 amide bonds. The van der Waals surface area contributed by atoms with Crippen molar-refractivity contribution in [3.05, 3.63) is 168 Å². The molecule has 2 aliphatic heterocycles. The van der Waals surface area contributed by atoms with Crippen LogP contribution in [0.15, 0.2) is 107 Å². The summed E-state index contributed by atoms with van der Waals surface area (Å²) < 4.78 is 24.4. The van der Waals surface area contributed by atoms with Gasteiger partial charge in [-0.3, -0.25) is 24.2 Å². The number of fused-ring (bicyclic) bond motifs is 4. The highest BCUT2D eigenvalue weighted by Gasteiger charge is 2.22. The fourth-order valence-electron chi connectivity index (χ4n) is 6.91. The third-order valence-corrected chi connectivity index (χ3v) is 10.4. The van der Waals surface area contributed by atoms with E-state index in [9.17, 15) is 19.2 Å². The smallest absolute Gasteiger partial charge is 0.200 e. The second kappa shape index (κ2) is 15.3. The number of hydrogen-bond acceptors (Lipinski definition) is 9. The van der Waals surface area contributed by atoms with Crippen LogP contribution in [0.1, 0.15) is 59.7 Å². The van der Waals surface area contributed by atoms with Gasteiger partial charge in [-0.25, -0.2) is 0 Å². The summed E-state index contributed by atoms with van der Waals surface area (Å²) in [5, 5.41) is 0.840. The van der Waals surface area contributed by atoms with Gasteiger partial charge in [0.05, 0.1) is 32.9 Å². The van der Waals surface area contributed by atoms with Crippen LogP contribution in [-0.2, 0) is 6.54 Å². The predicted octanol–water partition coefficient (Wildman–Crippen LogP) is 7.21. The molecule has 0 radical (unpaired) electrons. The van der Waals surface area contributed by atoms with Crippen molar-refractivity contribution in [1.82, 2.24) is 14.5 Å². The van der Waals surface area contributed by atoms with E-state index < -0.39 is 0 Å². The lowest BCUT2D eigenvalue weighted by Crippen LogP contribution is -2.21. The zero-order chi connectivity index (χ0) is 39.8. The Kier molecular flexibility index (Phi) is 9.89. The van der Waals surface area contributed by atoms with Crippen LogP contribution in [0.4, 0.5) is 0 Å². The van der Waals surface area contributed by atoms with Gasteiger partial charge in [0.2, 0.25) is 10.9 Å². The Balaban J connectivity index is 0.000000165. The summed E-state index contributed by atoms with van der Waals surface area (Å²) in [7, 11) is 0. The normalized spacial score (nSPS) is 12.8. The van der Waals surface area contributed by atoms with Gasteiger partial charge in [-0.05, 0) is 85.8 Å². The molecule has 0 atom stereocenters. The van der Waals surface area contributed by atoms with Gasteiger partial charge in [0.1, 0.15) is 26.4 Å². The van der Waals surface area contributed by atoms with Crippen LogP contribution in [-0.4, -0.2) is 52.5 Å². The highest BCUT2D eigenvalue weighted by Crippen LogP contribution is 2.35. The summed E-state index contributed by atoms with van der Waals surface area (Å²) in [5.74, 6) is 1.65. The van der Waals surface area contributed by atoms with E-state index in [1.165, 1.54) is 6.20 Å². The van der Waals surface area contributed by atoms with E-state index in [0.29, 0.717) is 88.9 Å². The van der Waals surface area contributed by atoms with Crippen molar-refractivity contribution in [2.24, 2.45) is 0 Å². The number of rotatable bonds is 6. The van der Waals surface area contributed by atoms with Crippen molar-refractivity contribution >= 4 is 33.4 Å². The van der Waals surface area contributed by atoms with Crippen LogP contribution in [0.5, 0.6) is 23.0 Å².